The van der Waals surface area contributed by atoms with Gasteiger partial charge in [0.05, 0.1) is 6.04 Å². The first kappa shape index (κ1) is 15.9. The molecule has 4 N–H and O–H groups in total. The molecule has 0 aromatic carbocycles. The molecule has 0 aromatic rings. The van der Waals surface area contributed by atoms with Gasteiger partial charge in [-0.2, -0.15) is 0 Å². The average molecular weight is 270 g/mol. The molecule has 0 heterocycles. The number of hydrogen-bond acceptors (Lipinski definition) is 4. The Kier molecular flexibility index (Phi) is 6.24. The van der Waals surface area contributed by atoms with Crippen LogP contribution >= 0.6 is 0 Å². The molecule has 1 atom stereocenters. The molecule has 1 aliphatic carbocycles. The van der Waals surface area contributed by atoms with Crippen LogP contribution in [-0.4, -0.2) is 48.6 Å². The molecule has 0 radical (unpaired) electrons. The molecule has 3 amide bonds. The zero-order valence-electron chi connectivity index (χ0n) is 12.1. The number of nitrogens with two attached hydrogens (primary N) is 1. The molecule has 1 unspecified atom stereocenters. The van der Waals surface area contributed by atoms with Crippen molar-refractivity contribution >= 4 is 11.9 Å². The lowest BCUT2D eigenvalue weighted by Gasteiger charge is -2.37. The van der Waals surface area contributed by atoms with Gasteiger partial charge < -0.3 is 11.1 Å². The number of hydrogen-bond donors (Lipinski definition) is 3. The molecule has 19 heavy (non-hydrogen) atoms. The summed E-state index contributed by atoms with van der Waals surface area (Å²) in [5.74, 6) is -0.330. The summed E-state index contributed by atoms with van der Waals surface area (Å²) in [4.78, 5) is 24.5. The smallest absolute Gasteiger partial charge is 0.318 e. The fraction of sp³-hybridized carbons (Fsp3) is 0.846. The number of urea groups is 1. The number of amides is 3. The van der Waals surface area contributed by atoms with Crippen LogP contribution in [0, 0.1) is 0 Å². The second-order valence-corrected chi connectivity index (χ2v) is 5.26. The standard InChI is InChI=1S/C13H26N4O2/c1-4-15-10-5-7-11(8-6-10)17(3)9(2)12(18)16-13(14)19/h9-11,15H,4-8H2,1-3H3,(H3,14,16,18,19). The average Bonchev–Trinajstić information content (AvgIpc) is 2.37. The quantitative estimate of drug-likeness (QED) is 0.676. The van der Waals surface area contributed by atoms with Crippen LogP contribution < -0.4 is 16.4 Å². The van der Waals surface area contributed by atoms with Crippen molar-refractivity contribution in [3.8, 4) is 0 Å². The van der Waals surface area contributed by atoms with Gasteiger partial charge in [-0.1, -0.05) is 6.92 Å². The second-order valence-electron chi connectivity index (χ2n) is 5.26. The van der Waals surface area contributed by atoms with Crippen molar-refractivity contribution in [3.63, 3.8) is 0 Å². The minimum atomic E-state index is -0.791. The normalized spacial score (nSPS) is 25.1. The number of likely N-dealkylation sites (N-methyl/N-ethyl adjacent to an activating group) is 1. The number of nitrogens with zero attached hydrogens (tertiary/aromatic N) is 1. The van der Waals surface area contributed by atoms with Gasteiger partial charge in [0, 0.05) is 12.1 Å². The maximum absolute atomic E-state index is 11.7. The van der Waals surface area contributed by atoms with E-state index in [-0.39, 0.29) is 11.9 Å². The molecule has 110 valence electrons. The molecule has 1 fully saturated rings. The van der Waals surface area contributed by atoms with E-state index >= 15 is 0 Å². The summed E-state index contributed by atoms with van der Waals surface area (Å²) in [5.41, 5.74) is 4.96. The molecule has 0 aromatic heterocycles. The van der Waals surface area contributed by atoms with Gasteiger partial charge in [-0.25, -0.2) is 4.79 Å². The monoisotopic (exact) mass is 270 g/mol. The zero-order valence-corrected chi connectivity index (χ0v) is 12.1. The number of imide groups is 1. The van der Waals surface area contributed by atoms with Gasteiger partial charge in [0.2, 0.25) is 5.91 Å². The van der Waals surface area contributed by atoms with E-state index in [1.54, 1.807) is 6.92 Å². The molecular weight excluding hydrogens is 244 g/mol. The Balaban J connectivity index is 2.43. The van der Waals surface area contributed by atoms with Gasteiger partial charge in [0.1, 0.15) is 0 Å². The Bertz CT molecular complexity index is 314. The Morgan fingerprint density at radius 3 is 2.37 bits per heavy atom. The highest BCUT2D eigenvalue weighted by Gasteiger charge is 2.29. The highest BCUT2D eigenvalue weighted by atomic mass is 16.2. The first-order valence-corrected chi connectivity index (χ1v) is 7.01. The van der Waals surface area contributed by atoms with Gasteiger partial charge in [0.15, 0.2) is 0 Å². The van der Waals surface area contributed by atoms with Crippen LogP contribution in [0.25, 0.3) is 0 Å². The molecule has 0 aliphatic heterocycles. The Morgan fingerprint density at radius 2 is 1.89 bits per heavy atom. The van der Waals surface area contributed by atoms with E-state index in [1.165, 1.54) is 0 Å². The number of rotatable bonds is 5. The lowest BCUT2D eigenvalue weighted by molar-refractivity contribution is -0.125. The molecule has 1 rings (SSSR count). The van der Waals surface area contributed by atoms with E-state index in [0.29, 0.717) is 12.1 Å². The second kappa shape index (κ2) is 7.45. The molecule has 1 saturated carbocycles. The van der Waals surface area contributed by atoms with Crippen molar-refractivity contribution in [2.45, 2.75) is 57.7 Å². The van der Waals surface area contributed by atoms with E-state index in [9.17, 15) is 9.59 Å². The third kappa shape index (κ3) is 4.80. The summed E-state index contributed by atoms with van der Waals surface area (Å²) in [6.45, 7) is 4.92. The topological polar surface area (TPSA) is 87.5 Å². The molecular formula is C13H26N4O2. The first-order chi connectivity index (χ1) is 8.95. The number of carbonyl (C=O) groups is 2. The Hall–Kier alpha value is -1.14. The molecule has 1 aliphatic rings. The van der Waals surface area contributed by atoms with E-state index in [2.05, 4.69) is 17.6 Å². The van der Waals surface area contributed by atoms with Crippen molar-refractivity contribution in [1.82, 2.24) is 15.5 Å². The summed E-state index contributed by atoms with van der Waals surface area (Å²) < 4.78 is 0. The summed E-state index contributed by atoms with van der Waals surface area (Å²) in [6.07, 6.45) is 4.41. The van der Waals surface area contributed by atoms with Crippen LogP contribution in [0.2, 0.25) is 0 Å². The van der Waals surface area contributed by atoms with Crippen molar-refractivity contribution < 1.29 is 9.59 Å². The fourth-order valence-electron chi connectivity index (χ4n) is 2.70. The fourth-order valence-corrected chi connectivity index (χ4v) is 2.70. The zero-order chi connectivity index (χ0) is 14.4. The van der Waals surface area contributed by atoms with Gasteiger partial charge in [0.25, 0.3) is 0 Å². The minimum absolute atomic E-state index is 0.330. The van der Waals surface area contributed by atoms with E-state index in [0.717, 1.165) is 32.2 Å². The van der Waals surface area contributed by atoms with Crippen LogP contribution in [0.5, 0.6) is 0 Å². The van der Waals surface area contributed by atoms with Crippen LogP contribution in [0.15, 0.2) is 0 Å². The van der Waals surface area contributed by atoms with Gasteiger partial charge in [-0.3, -0.25) is 15.0 Å². The number of carbonyl (C=O) groups excluding carboxylic acids is 2. The summed E-state index contributed by atoms with van der Waals surface area (Å²) in [5, 5.41) is 5.60. The number of primary amides is 1. The van der Waals surface area contributed by atoms with Crippen LogP contribution in [0.4, 0.5) is 4.79 Å². The SMILES string of the molecule is CCNC1CCC(N(C)C(C)C(=O)NC(N)=O)CC1. The summed E-state index contributed by atoms with van der Waals surface area (Å²) >= 11 is 0. The van der Waals surface area contributed by atoms with Gasteiger partial charge in [-0.05, 0) is 46.2 Å². The first-order valence-electron chi connectivity index (χ1n) is 7.01. The number of nitrogens with one attached hydrogen (secondary N) is 2. The maximum atomic E-state index is 11.7. The Labute approximate surface area is 115 Å². The van der Waals surface area contributed by atoms with Crippen molar-refractivity contribution in [3.05, 3.63) is 0 Å². The highest BCUT2D eigenvalue weighted by molar-refractivity contribution is 5.96. The van der Waals surface area contributed by atoms with Crippen LogP contribution in [0.3, 0.4) is 0 Å². The largest absolute Gasteiger partial charge is 0.351 e. The molecule has 6 nitrogen and oxygen atoms in total. The minimum Gasteiger partial charge on any atom is -0.351 e. The third-order valence-corrected chi connectivity index (χ3v) is 4.00. The predicted octanol–water partition coefficient (Wildman–Crippen LogP) is 0.422. The van der Waals surface area contributed by atoms with E-state index in [1.807, 2.05) is 11.9 Å². The lowest BCUT2D eigenvalue weighted by atomic mass is 9.89. The summed E-state index contributed by atoms with van der Waals surface area (Å²) in [6, 6.07) is -0.137. The third-order valence-electron chi connectivity index (χ3n) is 4.00. The predicted molar refractivity (Wildman–Crippen MR) is 74.7 cm³/mol. The van der Waals surface area contributed by atoms with Gasteiger partial charge in [-0.15, -0.1) is 0 Å². The van der Waals surface area contributed by atoms with Crippen molar-refractivity contribution in [2.24, 2.45) is 5.73 Å². The van der Waals surface area contributed by atoms with E-state index in [4.69, 9.17) is 5.73 Å². The maximum Gasteiger partial charge on any atom is 0.318 e. The molecule has 0 bridgehead atoms. The summed E-state index contributed by atoms with van der Waals surface area (Å²) in [7, 11) is 1.93. The van der Waals surface area contributed by atoms with Crippen molar-refractivity contribution in [2.75, 3.05) is 13.6 Å². The Morgan fingerprint density at radius 1 is 1.32 bits per heavy atom. The highest BCUT2D eigenvalue weighted by Crippen LogP contribution is 2.23. The molecule has 6 heteroatoms. The van der Waals surface area contributed by atoms with Gasteiger partial charge >= 0.3 is 6.03 Å². The van der Waals surface area contributed by atoms with Crippen molar-refractivity contribution in [1.29, 1.82) is 0 Å². The van der Waals surface area contributed by atoms with E-state index < -0.39 is 6.03 Å². The lowest BCUT2D eigenvalue weighted by Crippen LogP contribution is -2.51. The van der Waals surface area contributed by atoms with Crippen LogP contribution in [0.1, 0.15) is 39.5 Å². The molecule has 0 saturated heterocycles. The van der Waals surface area contributed by atoms with Crippen LogP contribution in [-0.2, 0) is 4.79 Å². The molecule has 0 spiro atoms.